The standard InChI is InChI=1S/C12H21N5O.C7H16N2.C6H9N3O2/c1-11-9-17(15-14-11)10-12(18)13-5-8-16-6-3-2-4-7-16;8-4-7-9-5-2-1-3-6-9;1-5-3-9(8-7-5)4-6(10)11-2/h9H,2-8,10H2,1H3,(H,13,18);1-8H2;3H,4H2,1-2H3. The molecule has 2 saturated heterocycles. The number of piperidine rings is 2. The van der Waals surface area contributed by atoms with Crippen molar-refractivity contribution in [2.45, 2.75) is 65.5 Å². The predicted octanol–water partition coefficient (Wildman–Crippen LogP) is 0.379. The average Bonchev–Trinajstić information content (AvgIpc) is 3.53. The molecule has 2 aliphatic heterocycles. The van der Waals surface area contributed by atoms with E-state index in [1.807, 2.05) is 6.92 Å². The first-order chi connectivity index (χ1) is 18.4. The predicted molar refractivity (Wildman–Crippen MR) is 144 cm³/mol. The number of nitrogens with zero attached hydrogens (tertiary/aromatic N) is 8. The monoisotopic (exact) mass is 534 g/mol. The molecule has 38 heavy (non-hydrogen) atoms. The molecule has 0 radical (unpaired) electrons. The van der Waals surface area contributed by atoms with Gasteiger partial charge in [0.15, 0.2) is 0 Å². The summed E-state index contributed by atoms with van der Waals surface area (Å²) in [6, 6.07) is 0. The molecule has 1 amide bonds. The fourth-order valence-corrected chi connectivity index (χ4v) is 4.25. The first kappa shape index (κ1) is 31.3. The maximum atomic E-state index is 11.6. The van der Waals surface area contributed by atoms with E-state index in [1.54, 1.807) is 24.0 Å². The van der Waals surface area contributed by atoms with Gasteiger partial charge in [-0.25, -0.2) is 9.36 Å². The third-order valence-corrected chi connectivity index (χ3v) is 6.22. The minimum absolute atomic E-state index is 0.00286. The number of carbonyl (C=O) groups excluding carboxylic acids is 2. The second-order valence-electron chi connectivity index (χ2n) is 9.63. The second kappa shape index (κ2) is 18.4. The number of carbonyl (C=O) groups is 2. The highest BCUT2D eigenvalue weighted by Gasteiger charge is 2.10. The lowest BCUT2D eigenvalue weighted by atomic mass is 10.1. The first-order valence-electron chi connectivity index (χ1n) is 13.6. The van der Waals surface area contributed by atoms with Crippen molar-refractivity contribution < 1.29 is 14.3 Å². The molecule has 2 aromatic heterocycles. The van der Waals surface area contributed by atoms with Gasteiger partial charge in [-0.2, -0.15) is 0 Å². The number of amides is 1. The molecular formula is C25H46N10O3. The number of rotatable bonds is 9. The van der Waals surface area contributed by atoms with Crippen LogP contribution in [0.3, 0.4) is 0 Å². The molecule has 214 valence electrons. The van der Waals surface area contributed by atoms with Gasteiger partial charge >= 0.3 is 5.97 Å². The molecule has 0 bridgehead atoms. The van der Waals surface area contributed by atoms with Crippen molar-refractivity contribution in [2.75, 3.05) is 59.5 Å². The van der Waals surface area contributed by atoms with Crippen LogP contribution in [0.4, 0.5) is 0 Å². The molecule has 2 aliphatic rings. The van der Waals surface area contributed by atoms with E-state index in [4.69, 9.17) is 5.73 Å². The zero-order chi connectivity index (χ0) is 27.6. The van der Waals surface area contributed by atoms with E-state index in [2.05, 4.69) is 40.5 Å². The van der Waals surface area contributed by atoms with Crippen LogP contribution in [0.2, 0.25) is 0 Å². The summed E-state index contributed by atoms with van der Waals surface area (Å²) in [5, 5.41) is 18.0. The number of nitrogens with two attached hydrogens (primary N) is 1. The molecule has 13 heteroatoms. The van der Waals surface area contributed by atoms with Crippen LogP contribution >= 0.6 is 0 Å². The van der Waals surface area contributed by atoms with E-state index in [9.17, 15) is 9.59 Å². The van der Waals surface area contributed by atoms with Gasteiger partial charge in [-0.05, 0) is 65.7 Å². The van der Waals surface area contributed by atoms with Gasteiger partial charge in [-0.3, -0.25) is 9.59 Å². The van der Waals surface area contributed by atoms with Crippen LogP contribution in [-0.2, 0) is 27.4 Å². The molecule has 0 saturated carbocycles. The number of methoxy groups -OCH3 is 1. The Morgan fingerprint density at radius 3 is 1.79 bits per heavy atom. The van der Waals surface area contributed by atoms with Gasteiger partial charge < -0.3 is 25.6 Å². The molecule has 4 heterocycles. The number of hydrogen-bond donors (Lipinski definition) is 2. The third kappa shape index (κ3) is 13.6. The fraction of sp³-hybridized carbons (Fsp3) is 0.760. The molecule has 2 fully saturated rings. The number of aromatic nitrogens is 6. The number of ether oxygens (including phenoxy) is 1. The van der Waals surface area contributed by atoms with E-state index in [0.717, 1.165) is 44.1 Å². The quantitative estimate of drug-likeness (QED) is 0.432. The Morgan fingerprint density at radius 1 is 0.842 bits per heavy atom. The highest BCUT2D eigenvalue weighted by molar-refractivity contribution is 5.75. The van der Waals surface area contributed by atoms with E-state index in [0.29, 0.717) is 6.54 Å². The van der Waals surface area contributed by atoms with Crippen LogP contribution in [0.15, 0.2) is 12.4 Å². The van der Waals surface area contributed by atoms with E-state index in [-0.39, 0.29) is 25.0 Å². The fourth-order valence-electron chi connectivity index (χ4n) is 4.25. The summed E-state index contributed by atoms with van der Waals surface area (Å²) in [6.45, 7) is 12.5. The van der Waals surface area contributed by atoms with Crippen molar-refractivity contribution in [3.63, 3.8) is 0 Å². The highest BCUT2D eigenvalue weighted by atomic mass is 16.5. The van der Waals surface area contributed by atoms with Gasteiger partial charge in [0.05, 0.1) is 18.5 Å². The molecule has 3 N–H and O–H groups in total. The Labute approximate surface area is 226 Å². The maximum absolute atomic E-state index is 11.6. The summed E-state index contributed by atoms with van der Waals surface area (Å²) >= 11 is 0. The summed E-state index contributed by atoms with van der Waals surface area (Å²) in [5.74, 6) is -0.327. The number of nitrogens with one attached hydrogen (secondary N) is 1. The van der Waals surface area contributed by atoms with Gasteiger partial charge in [0.2, 0.25) is 5.91 Å². The van der Waals surface area contributed by atoms with Crippen molar-refractivity contribution >= 4 is 11.9 Å². The Kier molecular flexibility index (Phi) is 15.1. The minimum atomic E-state index is -0.324. The average molecular weight is 535 g/mol. The Morgan fingerprint density at radius 2 is 1.34 bits per heavy atom. The number of aryl methyl sites for hydroxylation is 2. The van der Waals surface area contributed by atoms with Gasteiger partial charge in [0.1, 0.15) is 13.1 Å². The minimum Gasteiger partial charge on any atom is -0.468 e. The molecule has 13 nitrogen and oxygen atoms in total. The van der Waals surface area contributed by atoms with Crippen LogP contribution in [0.1, 0.15) is 49.9 Å². The van der Waals surface area contributed by atoms with Crippen LogP contribution in [0, 0.1) is 13.8 Å². The smallest absolute Gasteiger partial charge is 0.327 e. The van der Waals surface area contributed by atoms with Crippen LogP contribution < -0.4 is 11.1 Å². The zero-order valence-electron chi connectivity index (χ0n) is 23.3. The Hall–Kier alpha value is -2.90. The van der Waals surface area contributed by atoms with Gasteiger partial charge in [-0.15, -0.1) is 10.2 Å². The van der Waals surface area contributed by atoms with Gasteiger partial charge in [0, 0.05) is 38.6 Å². The lowest BCUT2D eigenvalue weighted by Gasteiger charge is -2.26. The topological polar surface area (TPSA) is 149 Å². The van der Waals surface area contributed by atoms with E-state index < -0.39 is 0 Å². The summed E-state index contributed by atoms with van der Waals surface area (Å²) in [6.07, 6.45) is 11.5. The molecule has 0 aliphatic carbocycles. The first-order valence-corrected chi connectivity index (χ1v) is 13.6. The lowest BCUT2D eigenvalue weighted by Crippen LogP contribution is -2.38. The van der Waals surface area contributed by atoms with Crippen molar-refractivity contribution in [2.24, 2.45) is 5.73 Å². The van der Waals surface area contributed by atoms with Crippen molar-refractivity contribution in [3.8, 4) is 0 Å². The molecular weight excluding hydrogens is 488 g/mol. The molecule has 0 aromatic carbocycles. The van der Waals surface area contributed by atoms with Crippen molar-refractivity contribution in [1.29, 1.82) is 0 Å². The van der Waals surface area contributed by atoms with Crippen molar-refractivity contribution in [3.05, 3.63) is 23.8 Å². The van der Waals surface area contributed by atoms with Crippen LogP contribution in [0.5, 0.6) is 0 Å². The van der Waals surface area contributed by atoms with Gasteiger partial charge in [-0.1, -0.05) is 23.3 Å². The molecule has 0 unspecified atom stereocenters. The largest absolute Gasteiger partial charge is 0.468 e. The summed E-state index contributed by atoms with van der Waals surface area (Å²) in [5.41, 5.74) is 7.03. The number of hydrogen-bond acceptors (Lipinski definition) is 10. The summed E-state index contributed by atoms with van der Waals surface area (Å²) in [7, 11) is 1.34. The van der Waals surface area contributed by atoms with Crippen molar-refractivity contribution in [1.82, 2.24) is 45.1 Å². The zero-order valence-corrected chi connectivity index (χ0v) is 23.3. The van der Waals surface area contributed by atoms with E-state index >= 15 is 0 Å². The molecule has 0 atom stereocenters. The molecule has 0 spiro atoms. The van der Waals surface area contributed by atoms with Crippen LogP contribution in [0.25, 0.3) is 0 Å². The maximum Gasteiger partial charge on any atom is 0.327 e. The van der Waals surface area contributed by atoms with Crippen LogP contribution in [-0.4, -0.2) is 111 Å². The number of likely N-dealkylation sites (tertiary alicyclic amines) is 2. The number of esters is 1. The Balaban J connectivity index is 0.000000217. The third-order valence-electron chi connectivity index (χ3n) is 6.22. The van der Waals surface area contributed by atoms with E-state index in [1.165, 1.54) is 63.4 Å². The second-order valence-corrected chi connectivity index (χ2v) is 9.63. The normalized spacial score (nSPS) is 16.0. The lowest BCUT2D eigenvalue weighted by molar-refractivity contribution is -0.141. The highest BCUT2D eigenvalue weighted by Crippen LogP contribution is 2.07. The van der Waals surface area contributed by atoms with Gasteiger partial charge in [0.25, 0.3) is 0 Å². The Bertz CT molecular complexity index is 917. The summed E-state index contributed by atoms with van der Waals surface area (Å²) in [4.78, 5) is 27.2. The summed E-state index contributed by atoms with van der Waals surface area (Å²) < 4.78 is 7.43. The molecule has 4 rings (SSSR count). The SMILES string of the molecule is COC(=O)Cn1cc(C)nn1.Cc1cn(CC(=O)NCCN2CCCCC2)nn1.NCCN1CCCCC1. The molecule has 2 aromatic rings.